The lowest BCUT2D eigenvalue weighted by atomic mass is 10.3. The average Bonchev–Trinajstić information content (AvgIpc) is 2.62. The van der Waals surface area contributed by atoms with Crippen molar-refractivity contribution in [3.05, 3.63) is 18.2 Å². The SMILES string of the molecule is CCOc1cccc2oc(SC)nc12. The van der Waals surface area contributed by atoms with Crippen LogP contribution in [0.25, 0.3) is 11.1 Å². The van der Waals surface area contributed by atoms with Crippen LogP contribution in [0.4, 0.5) is 0 Å². The first kappa shape index (κ1) is 9.40. The number of aromatic nitrogens is 1. The van der Waals surface area contributed by atoms with E-state index in [9.17, 15) is 0 Å². The minimum Gasteiger partial charge on any atom is -0.491 e. The summed E-state index contributed by atoms with van der Waals surface area (Å²) in [6.07, 6.45) is 1.94. The lowest BCUT2D eigenvalue weighted by molar-refractivity contribution is 0.343. The largest absolute Gasteiger partial charge is 0.491 e. The number of hydrogen-bond acceptors (Lipinski definition) is 4. The van der Waals surface area contributed by atoms with E-state index in [1.165, 1.54) is 11.8 Å². The Morgan fingerprint density at radius 3 is 3.07 bits per heavy atom. The summed E-state index contributed by atoms with van der Waals surface area (Å²) in [5.74, 6) is 0.786. The van der Waals surface area contributed by atoms with Crippen LogP contribution in [0.1, 0.15) is 6.92 Å². The molecule has 0 amide bonds. The molecule has 0 saturated heterocycles. The number of rotatable bonds is 3. The normalized spacial score (nSPS) is 10.7. The van der Waals surface area contributed by atoms with E-state index in [0.29, 0.717) is 11.8 Å². The second kappa shape index (κ2) is 3.92. The maximum absolute atomic E-state index is 5.48. The van der Waals surface area contributed by atoms with Gasteiger partial charge in [-0.05, 0) is 25.3 Å². The van der Waals surface area contributed by atoms with Crippen molar-refractivity contribution in [3.63, 3.8) is 0 Å². The molecule has 0 aliphatic carbocycles. The molecule has 0 aliphatic rings. The number of benzene rings is 1. The summed E-state index contributed by atoms with van der Waals surface area (Å²) in [7, 11) is 0. The fraction of sp³-hybridized carbons (Fsp3) is 0.300. The highest BCUT2D eigenvalue weighted by Crippen LogP contribution is 2.28. The second-order valence-corrected chi connectivity index (χ2v) is 3.48. The summed E-state index contributed by atoms with van der Waals surface area (Å²) >= 11 is 1.49. The van der Waals surface area contributed by atoms with Crippen LogP contribution < -0.4 is 4.74 Å². The molecule has 0 saturated carbocycles. The van der Waals surface area contributed by atoms with Gasteiger partial charge in [-0.3, -0.25) is 0 Å². The van der Waals surface area contributed by atoms with Gasteiger partial charge in [-0.25, -0.2) is 0 Å². The number of fused-ring (bicyclic) bond motifs is 1. The van der Waals surface area contributed by atoms with Crippen LogP contribution >= 0.6 is 11.8 Å². The maximum atomic E-state index is 5.48. The lowest BCUT2D eigenvalue weighted by Crippen LogP contribution is -1.91. The molecule has 0 spiro atoms. The first-order valence-electron chi connectivity index (χ1n) is 4.41. The minimum absolute atomic E-state index is 0.639. The van der Waals surface area contributed by atoms with E-state index in [1.807, 2.05) is 31.4 Å². The maximum Gasteiger partial charge on any atom is 0.256 e. The van der Waals surface area contributed by atoms with E-state index in [4.69, 9.17) is 9.15 Å². The Bertz CT molecular complexity index is 439. The lowest BCUT2D eigenvalue weighted by Gasteiger charge is -2.00. The highest BCUT2D eigenvalue weighted by molar-refractivity contribution is 7.98. The van der Waals surface area contributed by atoms with Crippen molar-refractivity contribution < 1.29 is 9.15 Å². The van der Waals surface area contributed by atoms with E-state index in [0.717, 1.165) is 16.8 Å². The first-order chi connectivity index (χ1) is 6.85. The molecular formula is C10H11NO2S. The van der Waals surface area contributed by atoms with Crippen molar-refractivity contribution in [2.75, 3.05) is 12.9 Å². The van der Waals surface area contributed by atoms with Gasteiger partial charge in [-0.15, -0.1) is 0 Å². The van der Waals surface area contributed by atoms with Gasteiger partial charge in [0.15, 0.2) is 11.1 Å². The fourth-order valence-corrected chi connectivity index (χ4v) is 1.62. The molecule has 3 nitrogen and oxygen atoms in total. The Hall–Kier alpha value is -1.16. The van der Waals surface area contributed by atoms with Crippen molar-refractivity contribution >= 4 is 22.9 Å². The fourth-order valence-electron chi connectivity index (χ4n) is 1.26. The smallest absolute Gasteiger partial charge is 0.256 e. The van der Waals surface area contributed by atoms with Crippen LogP contribution in [0.5, 0.6) is 5.75 Å². The van der Waals surface area contributed by atoms with Crippen molar-refractivity contribution in [1.29, 1.82) is 0 Å². The monoisotopic (exact) mass is 209 g/mol. The number of para-hydroxylation sites is 1. The van der Waals surface area contributed by atoms with Crippen LogP contribution in [-0.2, 0) is 0 Å². The number of nitrogens with zero attached hydrogens (tertiary/aromatic N) is 1. The van der Waals surface area contributed by atoms with Crippen molar-refractivity contribution in [1.82, 2.24) is 4.98 Å². The topological polar surface area (TPSA) is 35.3 Å². The van der Waals surface area contributed by atoms with Crippen molar-refractivity contribution in [3.8, 4) is 5.75 Å². The summed E-state index contributed by atoms with van der Waals surface area (Å²) in [4.78, 5) is 4.32. The average molecular weight is 209 g/mol. The van der Waals surface area contributed by atoms with Gasteiger partial charge >= 0.3 is 0 Å². The molecule has 0 aliphatic heterocycles. The van der Waals surface area contributed by atoms with Gasteiger partial charge in [0, 0.05) is 0 Å². The molecule has 2 rings (SSSR count). The van der Waals surface area contributed by atoms with Gasteiger partial charge in [0.2, 0.25) is 0 Å². The quantitative estimate of drug-likeness (QED) is 0.728. The summed E-state index contributed by atoms with van der Waals surface area (Å²) in [5.41, 5.74) is 1.58. The van der Waals surface area contributed by atoms with Crippen LogP contribution in [0.3, 0.4) is 0 Å². The number of thioether (sulfide) groups is 1. The van der Waals surface area contributed by atoms with Crippen molar-refractivity contribution in [2.45, 2.75) is 12.1 Å². The third kappa shape index (κ3) is 1.57. The van der Waals surface area contributed by atoms with Gasteiger partial charge in [-0.2, -0.15) is 4.98 Å². The van der Waals surface area contributed by atoms with Crippen LogP contribution in [0.2, 0.25) is 0 Å². The Morgan fingerprint density at radius 2 is 2.36 bits per heavy atom. The Kier molecular flexibility index (Phi) is 2.63. The molecule has 1 heterocycles. The third-order valence-electron chi connectivity index (χ3n) is 1.84. The van der Waals surface area contributed by atoms with E-state index in [-0.39, 0.29) is 0 Å². The zero-order valence-corrected chi connectivity index (χ0v) is 8.93. The summed E-state index contributed by atoms with van der Waals surface area (Å²) in [6.45, 7) is 2.59. The standard InChI is InChI=1S/C10H11NO2S/c1-3-12-7-5-4-6-8-9(7)11-10(13-8)14-2/h4-6H,3H2,1-2H3. The number of ether oxygens (including phenoxy) is 1. The molecule has 0 bridgehead atoms. The molecule has 74 valence electrons. The highest BCUT2D eigenvalue weighted by Gasteiger charge is 2.08. The third-order valence-corrected chi connectivity index (χ3v) is 2.36. The Balaban J connectivity index is 2.55. The minimum atomic E-state index is 0.639. The van der Waals surface area contributed by atoms with E-state index >= 15 is 0 Å². The number of hydrogen-bond donors (Lipinski definition) is 0. The zero-order valence-electron chi connectivity index (χ0n) is 8.11. The highest BCUT2D eigenvalue weighted by atomic mass is 32.2. The van der Waals surface area contributed by atoms with E-state index in [1.54, 1.807) is 0 Å². The van der Waals surface area contributed by atoms with Gasteiger partial charge in [0.05, 0.1) is 6.61 Å². The predicted molar refractivity (Wildman–Crippen MR) is 57.0 cm³/mol. The van der Waals surface area contributed by atoms with Gasteiger partial charge in [-0.1, -0.05) is 17.8 Å². The molecule has 2 aromatic rings. The van der Waals surface area contributed by atoms with Gasteiger partial charge in [0.1, 0.15) is 5.75 Å². The Labute approximate surface area is 86.5 Å². The molecule has 1 aromatic heterocycles. The predicted octanol–water partition coefficient (Wildman–Crippen LogP) is 2.95. The molecule has 0 unspecified atom stereocenters. The van der Waals surface area contributed by atoms with Crippen LogP contribution in [-0.4, -0.2) is 17.8 Å². The molecule has 14 heavy (non-hydrogen) atoms. The summed E-state index contributed by atoms with van der Waals surface area (Å²) in [6, 6.07) is 5.70. The van der Waals surface area contributed by atoms with Crippen LogP contribution in [0, 0.1) is 0 Å². The van der Waals surface area contributed by atoms with E-state index in [2.05, 4.69) is 4.98 Å². The molecule has 0 atom stereocenters. The van der Waals surface area contributed by atoms with Gasteiger partial charge in [0.25, 0.3) is 5.22 Å². The summed E-state index contributed by atoms with van der Waals surface area (Å²) in [5, 5.41) is 0.673. The molecule has 4 heteroatoms. The molecule has 0 N–H and O–H groups in total. The molecular weight excluding hydrogens is 198 g/mol. The number of oxazole rings is 1. The zero-order chi connectivity index (χ0) is 9.97. The molecule has 0 fully saturated rings. The molecule has 0 radical (unpaired) electrons. The Morgan fingerprint density at radius 1 is 1.50 bits per heavy atom. The first-order valence-corrected chi connectivity index (χ1v) is 5.64. The summed E-state index contributed by atoms with van der Waals surface area (Å²) < 4.78 is 10.9. The molecule has 1 aromatic carbocycles. The van der Waals surface area contributed by atoms with Gasteiger partial charge < -0.3 is 9.15 Å². The van der Waals surface area contributed by atoms with Crippen molar-refractivity contribution in [2.24, 2.45) is 0 Å². The second-order valence-electron chi connectivity index (χ2n) is 2.72. The van der Waals surface area contributed by atoms with E-state index < -0.39 is 0 Å². The van der Waals surface area contributed by atoms with Crippen LogP contribution in [0.15, 0.2) is 27.8 Å².